The van der Waals surface area contributed by atoms with Gasteiger partial charge in [-0.1, -0.05) is 38.1 Å². The van der Waals surface area contributed by atoms with Crippen molar-refractivity contribution in [3.63, 3.8) is 0 Å². The minimum Gasteiger partial charge on any atom is -0.328 e. The average molecular weight is 234 g/mol. The molecular weight excluding hydrogens is 208 g/mol. The van der Waals surface area contributed by atoms with Crippen LogP contribution in [0.25, 0.3) is 0 Å². The van der Waals surface area contributed by atoms with E-state index in [0.29, 0.717) is 12.0 Å². The number of nitrogens with two attached hydrogens (primary N) is 1. The summed E-state index contributed by atoms with van der Waals surface area (Å²) in [6.07, 6.45) is 2.14. The Hall–Kier alpha value is -0.860. The number of hydrogen-bond donors (Lipinski definition) is 2. The van der Waals surface area contributed by atoms with E-state index >= 15 is 0 Å². The van der Waals surface area contributed by atoms with Crippen LogP contribution in [0.1, 0.15) is 44.2 Å². The van der Waals surface area contributed by atoms with Gasteiger partial charge in [-0.15, -0.1) is 0 Å². The van der Waals surface area contributed by atoms with Crippen LogP contribution in [-0.2, 0) is 6.42 Å². The molecule has 0 spiro atoms. The third-order valence-electron chi connectivity index (χ3n) is 3.01. The van der Waals surface area contributed by atoms with Gasteiger partial charge in [-0.3, -0.25) is 0 Å². The number of nitrogens with one attached hydrogen (secondary N) is 1. The van der Waals surface area contributed by atoms with E-state index < -0.39 is 0 Å². The van der Waals surface area contributed by atoms with E-state index in [1.165, 1.54) is 11.1 Å². The first kappa shape index (κ1) is 14.2. The van der Waals surface area contributed by atoms with Gasteiger partial charge < -0.3 is 11.1 Å². The molecule has 96 valence electrons. The van der Waals surface area contributed by atoms with Crippen LogP contribution in [-0.4, -0.2) is 19.1 Å². The first-order valence-electron chi connectivity index (χ1n) is 6.64. The zero-order chi connectivity index (χ0) is 12.7. The van der Waals surface area contributed by atoms with Crippen LogP contribution >= 0.6 is 0 Å². The van der Waals surface area contributed by atoms with E-state index in [1.54, 1.807) is 0 Å². The second-order valence-corrected chi connectivity index (χ2v) is 5.16. The van der Waals surface area contributed by atoms with Gasteiger partial charge in [0.05, 0.1) is 0 Å². The molecule has 0 aliphatic carbocycles. The molecule has 0 aliphatic heterocycles. The molecule has 17 heavy (non-hydrogen) atoms. The van der Waals surface area contributed by atoms with Gasteiger partial charge in [-0.2, -0.15) is 0 Å². The molecule has 0 saturated carbocycles. The maximum Gasteiger partial charge on any atom is 0.00225 e. The van der Waals surface area contributed by atoms with Gasteiger partial charge in [0.1, 0.15) is 0 Å². The Bertz CT molecular complexity index is 301. The van der Waals surface area contributed by atoms with Crippen LogP contribution in [0.4, 0.5) is 0 Å². The van der Waals surface area contributed by atoms with Crippen LogP contribution in [0.15, 0.2) is 24.3 Å². The summed E-state index contributed by atoms with van der Waals surface area (Å²) in [6.45, 7) is 8.55. The summed E-state index contributed by atoms with van der Waals surface area (Å²) < 4.78 is 0. The van der Waals surface area contributed by atoms with E-state index in [1.807, 2.05) is 6.92 Å². The van der Waals surface area contributed by atoms with Crippen molar-refractivity contribution >= 4 is 0 Å². The smallest absolute Gasteiger partial charge is 0.00225 e. The van der Waals surface area contributed by atoms with Crippen molar-refractivity contribution in [2.45, 2.75) is 45.6 Å². The highest BCUT2D eigenvalue weighted by Crippen LogP contribution is 2.14. The summed E-state index contributed by atoms with van der Waals surface area (Å²) >= 11 is 0. The fraction of sp³-hybridized carbons (Fsp3) is 0.600. The van der Waals surface area contributed by atoms with Gasteiger partial charge in [0.15, 0.2) is 0 Å². The molecule has 3 N–H and O–H groups in total. The molecule has 0 heterocycles. The molecule has 1 atom stereocenters. The van der Waals surface area contributed by atoms with Crippen molar-refractivity contribution in [3.05, 3.63) is 35.4 Å². The van der Waals surface area contributed by atoms with Crippen LogP contribution < -0.4 is 11.1 Å². The Morgan fingerprint density at radius 1 is 1.06 bits per heavy atom. The van der Waals surface area contributed by atoms with E-state index in [4.69, 9.17) is 5.73 Å². The molecular formula is C15H26N2. The predicted octanol–water partition coefficient (Wildman–Crippen LogP) is 2.68. The zero-order valence-corrected chi connectivity index (χ0v) is 11.4. The fourth-order valence-electron chi connectivity index (χ4n) is 1.76. The van der Waals surface area contributed by atoms with Gasteiger partial charge in [-0.25, -0.2) is 0 Å². The minimum atomic E-state index is 0.299. The SMILES string of the molecule is CC(N)CCNCCc1ccc(C(C)C)cc1. The van der Waals surface area contributed by atoms with E-state index in [0.717, 1.165) is 25.9 Å². The predicted molar refractivity (Wildman–Crippen MR) is 75.4 cm³/mol. The summed E-state index contributed by atoms with van der Waals surface area (Å²) in [5, 5.41) is 3.42. The minimum absolute atomic E-state index is 0.299. The molecule has 1 aromatic rings. The van der Waals surface area contributed by atoms with E-state index in [-0.39, 0.29) is 0 Å². The Morgan fingerprint density at radius 2 is 1.71 bits per heavy atom. The topological polar surface area (TPSA) is 38.0 Å². The van der Waals surface area contributed by atoms with Gasteiger partial charge in [0.2, 0.25) is 0 Å². The quantitative estimate of drug-likeness (QED) is 0.712. The van der Waals surface area contributed by atoms with Crippen LogP contribution in [0.2, 0.25) is 0 Å². The van der Waals surface area contributed by atoms with Crippen molar-refractivity contribution in [2.24, 2.45) is 5.73 Å². The summed E-state index contributed by atoms with van der Waals surface area (Å²) in [5.74, 6) is 0.619. The van der Waals surface area contributed by atoms with Gasteiger partial charge >= 0.3 is 0 Å². The molecule has 0 radical (unpaired) electrons. The van der Waals surface area contributed by atoms with Crippen LogP contribution in [0.5, 0.6) is 0 Å². The molecule has 0 bridgehead atoms. The first-order valence-corrected chi connectivity index (χ1v) is 6.64. The monoisotopic (exact) mass is 234 g/mol. The highest BCUT2D eigenvalue weighted by Gasteiger charge is 1.99. The third-order valence-corrected chi connectivity index (χ3v) is 3.01. The summed E-state index contributed by atoms with van der Waals surface area (Å²) in [6, 6.07) is 9.25. The lowest BCUT2D eigenvalue weighted by atomic mass is 10.0. The van der Waals surface area contributed by atoms with E-state index in [9.17, 15) is 0 Å². The second kappa shape index (κ2) is 7.46. The van der Waals surface area contributed by atoms with Crippen molar-refractivity contribution in [1.82, 2.24) is 5.32 Å². The Balaban J connectivity index is 2.23. The molecule has 2 heteroatoms. The summed E-state index contributed by atoms with van der Waals surface area (Å²) in [5.41, 5.74) is 8.51. The second-order valence-electron chi connectivity index (χ2n) is 5.16. The molecule has 0 amide bonds. The maximum absolute atomic E-state index is 5.69. The molecule has 0 aliphatic rings. The molecule has 0 saturated heterocycles. The number of rotatable bonds is 7. The zero-order valence-electron chi connectivity index (χ0n) is 11.4. The highest BCUT2D eigenvalue weighted by atomic mass is 14.8. The van der Waals surface area contributed by atoms with Crippen LogP contribution in [0, 0.1) is 0 Å². The van der Waals surface area contributed by atoms with Gasteiger partial charge in [0.25, 0.3) is 0 Å². The normalized spacial score (nSPS) is 13.0. The first-order chi connectivity index (χ1) is 8.09. The largest absolute Gasteiger partial charge is 0.328 e. The van der Waals surface area contributed by atoms with Gasteiger partial charge in [0, 0.05) is 6.04 Å². The Labute approximate surface area is 106 Å². The molecule has 0 aromatic heterocycles. The van der Waals surface area contributed by atoms with Crippen molar-refractivity contribution in [1.29, 1.82) is 0 Å². The highest BCUT2D eigenvalue weighted by molar-refractivity contribution is 5.24. The number of hydrogen-bond acceptors (Lipinski definition) is 2. The van der Waals surface area contributed by atoms with Crippen molar-refractivity contribution in [3.8, 4) is 0 Å². The Morgan fingerprint density at radius 3 is 2.24 bits per heavy atom. The molecule has 1 rings (SSSR count). The molecule has 1 unspecified atom stereocenters. The van der Waals surface area contributed by atoms with Gasteiger partial charge in [-0.05, 0) is 49.9 Å². The number of benzene rings is 1. The third kappa shape index (κ3) is 5.85. The lowest BCUT2D eigenvalue weighted by molar-refractivity contribution is 0.590. The molecule has 2 nitrogen and oxygen atoms in total. The average Bonchev–Trinajstić information content (AvgIpc) is 2.29. The molecule has 0 fully saturated rings. The maximum atomic E-state index is 5.69. The standard InChI is InChI=1S/C15H26N2/c1-12(2)15-6-4-14(5-7-15)9-11-17-10-8-13(3)16/h4-7,12-13,17H,8-11,16H2,1-3H3. The summed E-state index contributed by atoms with van der Waals surface area (Å²) in [4.78, 5) is 0. The Kier molecular flexibility index (Phi) is 6.23. The summed E-state index contributed by atoms with van der Waals surface area (Å²) in [7, 11) is 0. The molecule has 1 aromatic carbocycles. The van der Waals surface area contributed by atoms with Crippen molar-refractivity contribution < 1.29 is 0 Å². The van der Waals surface area contributed by atoms with Crippen LogP contribution in [0.3, 0.4) is 0 Å². The lowest BCUT2D eigenvalue weighted by Gasteiger charge is -2.08. The lowest BCUT2D eigenvalue weighted by Crippen LogP contribution is -2.25. The van der Waals surface area contributed by atoms with E-state index in [2.05, 4.69) is 43.4 Å². The fourth-order valence-corrected chi connectivity index (χ4v) is 1.76. The van der Waals surface area contributed by atoms with Crippen molar-refractivity contribution in [2.75, 3.05) is 13.1 Å².